The maximum Gasteiger partial charge on any atom is 0.264 e. The third-order valence-electron chi connectivity index (χ3n) is 3.72. The summed E-state index contributed by atoms with van der Waals surface area (Å²) in [5.41, 5.74) is 0.618. The second kappa shape index (κ2) is 5.66. The fourth-order valence-corrected chi connectivity index (χ4v) is 4.00. The van der Waals surface area contributed by atoms with Crippen molar-refractivity contribution in [3.05, 3.63) is 53.8 Å². The van der Waals surface area contributed by atoms with Gasteiger partial charge in [-0.3, -0.25) is 9.10 Å². The number of carbonyl (C=O) groups excluding carboxylic acids is 1. The molecule has 0 N–H and O–H groups in total. The summed E-state index contributed by atoms with van der Waals surface area (Å²) < 4.78 is 45.0. The van der Waals surface area contributed by atoms with Crippen LogP contribution in [0.2, 0.25) is 0 Å². The molecule has 2 aromatic rings. The number of hydrogen-bond donors (Lipinski definition) is 0. The van der Waals surface area contributed by atoms with Crippen molar-refractivity contribution in [2.45, 2.75) is 11.3 Å². The van der Waals surface area contributed by atoms with Crippen LogP contribution in [0.25, 0.3) is 0 Å². The van der Waals surface area contributed by atoms with Crippen LogP contribution >= 0.6 is 0 Å². The zero-order valence-corrected chi connectivity index (χ0v) is 13.1. The lowest BCUT2D eigenvalue weighted by Gasteiger charge is -2.30. The summed E-state index contributed by atoms with van der Waals surface area (Å²) in [6.45, 7) is 0.0404. The van der Waals surface area contributed by atoms with Crippen molar-refractivity contribution < 1.29 is 22.3 Å². The van der Waals surface area contributed by atoms with E-state index < -0.39 is 15.8 Å². The molecule has 0 radical (unpaired) electrons. The molecule has 23 heavy (non-hydrogen) atoms. The Morgan fingerprint density at radius 1 is 1.13 bits per heavy atom. The molecule has 0 atom stereocenters. The lowest BCUT2D eigenvalue weighted by atomic mass is 10.0. The van der Waals surface area contributed by atoms with Crippen LogP contribution in [0.3, 0.4) is 0 Å². The third-order valence-corrected chi connectivity index (χ3v) is 5.55. The Bertz CT molecular complexity index is 862. The number of sulfonamides is 1. The van der Waals surface area contributed by atoms with E-state index >= 15 is 0 Å². The van der Waals surface area contributed by atoms with Crippen LogP contribution < -0.4 is 9.04 Å². The summed E-state index contributed by atoms with van der Waals surface area (Å²) in [7, 11) is -2.42. The summed E-state index contributed by atoms with van der Waals surface area (Å²) in [5, 5.41) is 0. The molecule has 0 bridgehead atoms. The lowest BCUT2D eigenvalue weighted by molar-refractivity contribution is 0.0982. The first-order valence-corrected chi connectivity index (χ1v) is 8.37. The van der Waals surface area contributed by atoms with Gasteiger partial charge in [-0.25, -0.2) is 12.8 Å². The summed E-state index contributed by atoms with van der Waals surface area (Å²) in [5.74, 6) is -0.175. The highest BCUT2D eigenvalue weighted by Crippen LogP contribution is 2.34. The van der Waals surface area contributed by atoms with E-state index in [0.29, 0.717) is 11.3 Å². The number of methoxy groups -OCH3 is 1. The Hall–Kier alpha value is -2.41. The second-order valence-electron chi connectivity index (χ2n) is 5.09. The fraction of sp³-hybridized carbons (Fsp3) is 0.188. The number of anilines is 1. The van der Waals surface area contributed by atoms with Gasteiger partial charge >= 0.3 is 0 Å². The molecule has 0 fully saturated rings. The highest BCUT2D eigenvalue weighted by atomic mass is 32.2. The molecule has 0 unspecified atom stereocenters. The zero-order valence-electron chi connectivity index (χ0n) is 12.3. The van der Waals surface area contributed by atoms with Crippen molar-refractivity contribution in [2.75, 3.05) is 18.0 Å². The average Bonchev–Trinajstić information content (AvgIpc) is 2.55. The van der Waals surface area contributed by atoms with Gasteiger partial charge in [-0.1, -0.05) is 0 Å². The Morgan fingerprint density at radius 2 is 1.83 bits per heavy atom. The molecule has 5 nitrogen and oxygen atoms in total. The monoisotopic (exact) mass is 335 g/mol. The van der Waals surface area contributed by atoms with Crippen molar-refractivity contribution >= 4 is 21.5 Å². The number of hydrogen-bond acceptors (Lipinski definition) is 4. The number of Topliss-reactive ketones (excluding diaryl/α,β-unsaturated/α-hetero) is 1. The van der Waals surface area contributed by atoms with Crippen LogP contribution in [0, 0.1) is 5.82 Å². The molecule has 1 aliphatic rings. The minimum atomic E-state index is -3.88. The van der Waals surface area contributed by atoms with Crippen LogP contribution in [0.5, 0.6) is 5.75 Å². The molecule has 3 rings (SSSR count). The molecule has 7 heteroatoms. The van der Waals surface area contributed by atoms with Gasteiger partial charge in [0.1, 0.15) is 11.6 Å². The van der Waals surface area contributed by atoms with Crippen LogP contribution in [0.4, 0.5) is 10.1 Å². The lowest BCUT2D eigenvalue weighted by Crippen LogP contribution is -2.37. The summed E-state index contributed by atoms with van der Waals surface area (Å²) >= 11 is 0. The normalized spacial score (nSPS) is 14.5. The third kappa shape index (κ3) is 2.68. The average molecular weight is 335 g/mol. The first kappa shape index (κ1) is 15.5. The number of ketones is 1. The van der Waals surface area contributed by atoms with E-state index in [1.165, 1.54) is 29.6 Å². The van der Waals surface area contributed by atoms with Crippen LogP contribution in [-0.2, 0) is 10.0 Å². The predicted octanol–water partition coefficient (Wildman–Crippen LogP) is 2.62. The number of ether oxygens (including phenoxy) is 1. The molecule has 0 spiro atoms. The molecular weight excluding hydrogens is 321 g/mol. The van der Waals surface area contributed by atoms with Crippen molar-refractivity contribution in [3.63, 3.8) is 0 Å². The Labute approximate surface area is 133 Å². The number of halogens is 1. The van der Waals surface area contributed by atoms with Crippen molar-refractivity contribution in [2.24, 2.45) is 0 Å². The topological polar surface area (TPSA) is 63.7 Å². The molecule has 0 aliphatic carbocycles. The van der Waals surface area contributed by atoms with Gasteiger partial charge in [-0.05, 0) is 36.4 Å². The van der Waals surface area contributed by atoms with Crippen LogP contribution in [0.1, 0.15) is 16.8 Å². The van der Waals surface area contributed by atoms with Crippen molar-refractivity contribution in [1.29, 1.82) is 0 Å². The summed E-state index contributed by atoms with van der Waals surface area (Å²) in [6, 6.07) is 9.30. The first-order chi connectivity index (χ1) is 10.9. The summed E-state index contributed by atoms with van der Waals surface area (Å²) in [4.78, 5) is 12.0. The van der Waals surface area contributed by atoms with E-state index in [2.05, 4.69) is 0 Å². The van der Waals surface area contributed by atoms with Gasteiger partial charge in [0, 0.05) is 24.6 Å². The largest absolute Gasteiger partial charge is 0.497 e. The Balaban J connectivity index is 2.12. The molecule has 0 saturated carbocycles. The standard InChI is InChI=1S/C16H14FNO4S/c1-22-12-4-7-14-15(10-12)18(9-8-16(14)19)23(20,21)13-5-2-11(17)3-6-13/h2-7,10H,8-9H2,1H3. The summed E-state index contributed by atoms with van der Waals surface area (Å²) in [6.07, 6.45) is 0.0970. The highest BCUT2D eigenvalue weighted by molar-refractivity contribution is 7.92. The number of nitrogens with zero attached hydrogens (tertiary/aromatic N) is 1. The van der Waals surface area contributed by atoms with Gasteiger partial charge in [0.2, 0.25) is 0 Å². The molecule has 0 aromatic heterocycles. The quantitative estimate of drug-likeness (QED) is 0.865. The Kier molecular flexibility index (Phi) is 3.81. The maximum absolute atomic E-state index is 13.0. The smallest absolute Gasteiger partial charge is 0.264 e. The second-order valence-corrected chi connectivity index (χ2v) is 6.95. The van der Waals surface area contributed by atoms with E-state index in [-0.39, 0.29) is 29.3 Å². The number of carbonyl (C=O) groups is 1. The van der Waals surface area contributed by atoms with E-state index in [9.17, 15) is 17.6 Å². The zero-order chi connectivity index (χ0) is 16.6. The molecular formula is C16H14FNO4S. The van der Waals surface area contributed by atoms with Gasteiger partial charge in [0.15, 0.2) is 5.78 Å². The van der Waals surface area contributed by atoms with Crippen molar-refractivity contribution in [1.82, 2.24) is 0 Å². The van der Waals surface area contributed by atoms with E-state index in [4.69, 9.17) is 4.74 Å². The number of fused-ring (bicyclic) bond motifs is 1. The molecule has 2 aromatic carbocycles. The van der Waals surface area contributed by atoms with E-state index in [0.717, 1.165) is 12.1 Å². The SMILES string of the molecule is COc1ccc2c(c1)N(S(=O)(=O)c1ccc(F)cc1)CCC2=O. The number of benzene rings is 2. The van der Waals surface area contributed by atoms with Crippen LogP contribution in [-0.4, -0.2) is 27.9 Å². The fourth-order valence-electron chi connectivity index (χ4n) is 2.52. The Morgan fingerprint density at radius 3 is 2.48 bits per heavy atom. The molecule has 1 heterocycles. The van der Waals surface area contributed by atoms with E-state index in [1.807, 2.05) is 0 Å². The van der Waals surface area contributed by atoms with Gasteiger partial charge in [0.05, 0.1) is 17.7 Å². The van der Waals surface area contributed by atoms with Crippen LogP contribution in [0.15, 0.2) is 47.4 Å². The molecule has 0 amide bonds. The minimum Gasteiger partial charge on any atom is -0.497 e. The van der Waals surface area contributed by atoms with Gasteiger partial charge in [-0.15, -0.1) is 0 Å². The highest BCUT2D eigenvalue weighted by Gasteiger charge is 2.32. The maximum atomic E-state index is 13.0. The van der Waals surface area contributed by atoms with Gasteiger partial charge in [0.25, 0.3) is 10.0 Å². The van der Waals surface area contributed by atoms with Crippen molar-refractivity contribution in [3.8, 4) is 5.75 Å². The first-order valence-electron chi connectivity index (χ1n) is 6.93. The molecule has 1 aliphatic heterocycles. The molecule has 0 saturated heterocycles. The van der Waals surface area contributed by atoms with Gasteiger partial charge in [-0.2, -0.15) is 0 Å². The molecule has 120 valence electrons. The van der Waals surface area contributed by atoms with E-state index in [1.54, 1.807) is 12.1 Å². The number of rotatable bonds is 3. The minimum absolute atomic E-state index is 0.0259. The predicted molar refractivity (Wildman–Crippen MR) is 82.9 cm³/mol. The van der Waals surface area contributed by atoms with Gasteiger partial charge < -0.3 is 4.74 Å².